The number of ether oxygens (including phenoxy) is 2. The summed E-state index contributed by atoms with van der Waals surface area (Å²) in [5, 5.41) is 3.02. The van der Waals surface area contributed by atoms with E-state index in [1.165, 1.54) is 7.11 Å². The van der Waals surface area contributed by atoms with Crippen LogP contribution in [0.1, 0.15) is 0 Å². The number of rotatable bonds is 1. The third kappa shape index (κ3) is 3.05. The van der Waals surface area contributed by atoms with E-state index in [0.717, 1.165) is 6.54 Å². The molecule has 1 aliphatic heterocycles. The monoisotopic (exact) mass is 181 g/mol. The highest BCUT2D eigenvalue weighted by molar-refractivity contribution is 5.85. The van der Waals surface area contributed by atoms with Gasteiger partial charge in [-0.3, -0.25) is 0 Å². The molecule has 1 saturated heterocycles. The molecule has 4 nitrogen and oxygen atoms in total. The summed E-state index contributed by atoms with van der Waals surface area (Å²) in [7, 11) is 1.36. The topological polar surface area (TPSA) is 47.6 Å². The first-order chi connectivity index (χ1) is 4.84. The molecule has 0 aromatic heterocycles. The van der Waals surface area contributed by atoms with E-state index in [2.05, 4.69) is 10.1 Å². The van der Waals surface area contributed by atoms with Gasteiger partial charge in [-0.25, -0.2) is 4.79 Å². The van der Waals surface area contributed by atoms with E-state index in [9.17, 15) is 4.79 Å². The fourth-order valence-corrected chi connectivity index (χ4v) is 0.848. The summed E-state index contributed by atoms with van der Waals surface area (Å²) in [6.07, 6.45) is -0.404. The Morgan fingerprint density at radius 2 is 2.45 bits per heavy atom. The van der Waals surface area contributed by atoms with E-state index in [4.69, 9.17) is 4.74 Å². The lowest BCUT2D eigenvalue weighted by Crippen LogP contribution is -2.43. The summed E-state index contributed by atoms with van der Waals surface area (Å²) in [6.45, 7) is 1.96. The van der Waals surface area contributed by atoms with Crippen LogP contribution in [0.15, 0.2) is 0 Å². The Morgan fingerprint density at radius 3 is 2.91 bits per heavy atom. The Balaban J connectivity index is 0.000001000. The molecule has 1 unspecified atom stereocenters. The Labute approximate surface area is 71.6 Å². The molecule has 0 saturated carbocycles. The molecule has 1 N–H and O–H groups in total. The second-order valence-corrected chi connectivity index (χ2v) is 2.09. The summed E-state index contributed by atoms with van der Waals surface area (Å²) in [5.74, 6) is -0.299. The number of carbonyl (C=O) groups is 1. The fourth-order valence-electron chi connectivity index (χ4n) is 0.848. The van der Waals surface area contributed by atoms with Crippen molar-refractivity contribution in [2.24, 2.45) is 0 Å². The summed E-state index contributed by atoms with van der Waals surface area (Å²) in [4.78, 5) is 10.8. The smallest absolute Gasteiger partial charge is 0.336 e. The lowest BCUT2D eigenvalue weighted by Gasteiger charge is -2.20. The molecule has 1 rings (SSSR count). The zero-order valence-electron chi connectivity index (χ0n) is 6.33. The maximum absolute atomic E-state index is 10.8. The third-order valence-electron chi connectivity index (χ3n) is 1.39. The number of methoxy groups -OCH3 is 1. The molecule has 0 amide bonds. The predicted octanol–water partition coefficient (Wildman–Crippen LogP) is -0.430. The first-order valence-corrected chi connectivity index (χ1v) is 3.24. The van der Waals surface area contributed by atoms with Gasteiger partial charge in [0.2, 0.25) is 0 Å². The number of morpholine rings is 1. The normalized spacial score (nSPS) is 23.5. The molecule has 1 heterocycles. The molecule has 11 heavy (non-hydrogen) atoms. The summed E-state index contributed by atoms with van der Waals surface area (Å²) in [5.41, 5.74) is 0. The summed E-state index contributed by atoms with van der Waals surface area (Å²) in [6, 6.07) is 0. The number of halogens is 1. The molecular weight excluding hydrogens is 170 g/mol. The lowest BCUT2D eigenvalue weighted by atomic mass is 10.3. The number of hydrogen-bond acceptors (Lipinski definition) is 4. The first-order valence-electron chi connectivity index (χ1n) is 3.24. The second kappa shape index (κ2) is 5.35. The highest BCUT2D eigenvalue weighted by Gasteiger charge is 2.21. The van der Waals surface area contributed by atoms with Gasteiger partial charge in [-0.15, -0.1) is 12.4 Å². The largest absolute Gasteiger partial charge is 0.467 e. The van der Waals surface area contributed by atoms with Crippen molar-refractivity contribution in [1.82, 2.24) is 5.32 Å². The van der Waals surface area contributed by atoms with Crippen molar-refractivity contribution in [3.63, 3.8) is 0 Å². The van der Waals surface area contributed by atoms with Gasteiger partial charge in [0.25, 0.3) is 0 Å². The average molecular weight is 182 g/mol. The van der Waals surface area contributed by atoms with Crippen molar-refractivity contribution in [3.05, 3.63) is 0 Å². The van der Waals surface area contributed by atoms with Crippen molar-refractivity contribution >= 4 is 18.4 Å². The van der Waals surface area contributed by atoms with Gasteiger partial charge in [0.15, 0.2) is 6.10 Å². The number of esters is 1. The Bertz CT molecular complexity index is 125. The quantitative estimate of drug-likeness (QED) is 0.558. The molecule has 66 valence electrons. The highest BCUT2D eigenvalue weighted by Crippen LogP contribution is 1.96. The van der Waals surface area contributed by atoms with E-state index < -0.39 is 6.10 Å². The van der Waals surface area contributed by atoms with Gasteiger partial charge < -0.3 is 14.8 Å². The lowest BCUT2D eigenvalue weighted by molar-refractivity contribution is -0.155. The highest BCUT2D eigenvalue weighted by atomic mass is 35.5. The number of nitrogens with one attached hydrogen (secondary N) is 1. The third-order valence-corrected chi connectivity index (χ3v) is 1.39. The molecule has 0 spiro atoms. The molecular formula is C6H12ClNO3. The maximum Gasteiger partial charge on any atom is 0.336 e. The van der Waals surface area contributed by atoms with Crippen LogP contribution in [0.3, 0.4) is 0 Å². The van der Waals surface area contributed by atoms with E-state index in [-0.39, 0.29) is 18.4 Å². The fraction of sp³-hybridized carbons (Fsp3) is 0.833. The standard InChI is InChI=1S/C6H11NO3.ClH/c1-9-6(8)5-4-7-2-3-10-5;/h5,7H,2-4H2,1H3;1H. The molecule has 0 aromatic rings. The van der Waals surface area contributed by atoms with Crippen LogP contribution in [0, 0.1) is 0 Å². The average Bonchev–Trinajstić information content (AvgIpc) is 2.05. The second-order valence-electron chi connectivity index (χ2n) is 2.09. The number of carbonyl (C=O) groups excluding carboxylic acids is 1. The minimum atomic E-state index is -0.404. The van der Waals surface area contributed by atoms with Crippen molar-refractivity contribution < 1.29 is 14.3 Å². The van der Waals surface area contributed by atoms with Crippen LogP contribution in [0.25, 0.3) is 0 Å². The zero-order valence-corrected chi connectivity index (χ0v) is 7.15. The minimum absolute atomic E-state index is 0. The van der Waals surface area contributed by atoms with Crippen LogP contribution < -0.4 is 5.32 Å². The summed E-state index contributed by atoms with van der Waals surface area (Å²) >= 11 is 0. The van der Waals surface area contributed by atoms with Gasteiger partial charge >= 0.3 is 5.97 Å². The first kappa shape index (κ1) is 10.7. The van der Waals surface area contributed by atoms with E-state index in [1.54, 1.807) is 0 Å². The Hall–Kier alpha value is -0.320. The van der Waals surface area contributed by atoms with Crippen molar-refractivity contribution in [3.8, 4) is 0 Å². The van der Waals surface area contributed by atoms with Crippen LogP contribution in [-0.4, -0.2) is 38.9 Å². The van der Waals surface area contributed by atoms with Gasteiger partial charge in [-0.1, -0.05) is 0 Å². The van der Waals surface area contributed by atoms with Gasteiger partial charge in [-0.05, 0) is 0 Å². The van der Waals surface area contributed by atoms with Crippen LogP contribution in [-0.2, 0) is 14.3 Å². The van der Waals surface area contributed by atoms with Crippen LogP contribution in [0.5, 0.6) is 0 Å². The van der Waals surface area contributed by atoms with Crippen LogP contribution >= 0.6 is 12.4 Å². The molecule has 5 heteroatoms. The van der Waals surface area contributed by atoms with Crippen LogP contribution in [0.4, 0.5) is 0 Å². The molecule has 0 aromatic carbocycles. The maximum atomic E-state index is 10.8. The van der Waals surface area contributed by atoms with Crippen LogP contribution in [0.2, 0.25) is 0 Å². The van der Waals surface area contributed by atoms with Gasteiger partial charge in [-0.2, -0.15) is 0 Å². The van der Waals surface area contributed by atoms with Crippen molar-refractivity contribution in [2.45, 2.75) is 6.10 Å². The van der Waals surface area contributed by atoms with E-state index in [0.29, 0.717) is 13.2 Å². The molecule has 0 aliphatic carbocycles. The van der Waals surface area contributed by atoms with E-state index >= 15 is 0 Å². The Kier molecular flexibility index (Phi) is 5.19. The van der Waals surface area contributed by atoms with E-state index in [1.807, 2.05) is 0 Å². The van der Waals surface area contributed by atoms with Crippen molar-refractivity contribution in [2.75, 3.05) is 26.8 Å². The number of hydrogen-bond donors (Lipinski definition) is 1. The Morgan fingerprint density at radius 1 is 1.73 bits per heavy atom. The predicted molar refractivity (Wildman–Crippen MR) is 41.9 cm³/mol. The zero-order chi connectivity index (χ0) is 7.40. The molecule has 1 atom stereocenters. The SMILES string of the molecule is COC(=O)C1CNCCO1.Cl. The molecule has 1 fully saturated rings. The van der Waals surface area contributed by atoms with Gasteiger partial charge in [0.05, 0.1) is 13.7 Å². The molecule has 0 bridgehead atoms. The summed E-state index contributed by atoms with van der Waals surface area (Å²) < 4.78 is 9.58. The molecule has 0 radical (unpaired) electrons. The molecule has 1 aliphatic rings. The minimum Gasteiger partial charge on any atom is -0.467 e. The van der Waals surface area contributed by atoms with Gasteiger partial charge in [0, 0.05) is 13.1 Å². The van der Waals surface area contributed by atoms with Gasteiger partial charge in [0.1, 0.15) is 0 Å². The van der Waals surface area contributed by atoms with Crippen molar-refractivity contribution in [1.29, 1.82) is 0 Å².